The molecule has 2 aromatic heterocycles. The van der Waals surface area contributed by atoms with Gasteiger partial charge in [-0.25, -0.2) is 4.98 Å². The standard InChI is InChI=1S/C15H20BN3O5/c1-14(2)15(3,4)24-16(23-14)9-8-18(5)13-11(9)12(22-6)10(7-17-13)19(20)21/h7-8H,1-6H3. The van der Waals surface area contributed by atoms with E-state index in [2.05, 4.69) is 4.98 Å². The number of aromatic nitrogens is 2. The Labute approximate surface area is 140 Å². The third-order valence-electron chi connectivity index (χ3n) is 4.86. The van der Waals surface area contributed by atoms with Gasteiger partial charge in [-0.3, -0.25) is 10.1 Å². The lowest BCUT2D eigenvalue weighted by Crippen LogP contribution is -2.41. The molecule has 2 aromatic rings. The number of nitrogens with zero attached hydrogens (tertiary/aromatic N) is 3. The molecule has 24 heavy (non-hydrogen) atoms. The van der Waals surface area contributed by atoms with Crippen molar-refractivity contribution in [3.63, 3.8) is 0 Å². The third kappa shape index (κ3) is 2.27. The molecule has 0 spiro atoms. The highest BCUT2D eigenvalue weighted by atomic mass is 16.7. The van der Waals surface area contributed by atoms with E-state index in [9.17, 15) is 10.1 Å². The fourth-order valence-corrected chi connectivity index (χ4v) is 2.82. The van der Waals surface area contributed by atoms with E-state index in [1.54, 1.807) is 4.57 Å². The zero-order valence-electron chi connectivity index (χ0n) is 14.6. The van der Waals surface area contributed by atoms with E-state index in [1.165, 1.54) is 13.3 Å². The molecule has 0 bridgehead atoms. The average molecular weight is 333 g/mol. The fraction of sp³-hybridized carbons (Fsp3) is 0.533. The van der Waals surface area contributed by atoms with Crippen LogP contribution in [0.1, 0.15) is 27.7 Å². The number of nitro groups is 1. The van der Waals surface area contributed by atoms with Crippen LogP contribution >= 0.6 is 0 Å². The summed E-state index contributed by atoms with van der Waals surface area (Å²) in [7, 11) is 2.56. The molecule has 0 aromatic carbocycles. The summed E-state index contributed by atoms with van der Waals surface area (Å²) < 4.78 is 19.3. The Balaban J connectivity index is 2.23. The summed E-state index contributed by atoms with van der Waals surface area (Å²) in [5.41, 5.74) is 0.0259. The Bertz CT molecular complexity index is 814. The maximum absolute atomic E-state index is 11.3. The molecule has 1 aliphatic rings. The normalized spacial score (nSPS) is 19.0. The van der Waals surface area contributed by atoms with Crippen LogP contribution in [0, 0.1) is 10.1 Å². The molecule has 0 atom stereocenters. The fourth-order valence-electron chi connectivity index (χ4n) is 2.82. The van der Waals surface area contributed by atoms with Crippen LogP contribution in [0.3, 0.4) is 0 Å². The molecule has 1 aliphatic heterocycles. The quantitative estimate of drug-likeness (QED) is 0.483. The van der Waals surface area contributed by atoms with Gasteiger partial charge < -0.3 is 18.6 Å². The van der Waals surface area contributed by atoms with Crippen molar-refractivity contribution in [3.8, 4) is 5.75 Å². The highest BCUT2D eigenvalue weighted by molar-refractivity contribution is 6.65. The lowest BCUT2D eigenvalue weighted by molar-refractivity contribution is -0.385. The number of ether oxygens (including phenoxy) is 1. The number of pyridine rings is 1. The van der Waals surface area contributed by atoms with Crippen molar-refractivity contribution in [3.05, 3.63) is 22.5 Å². The van der Waals surface area contributed by atoms with Crippen molar-refractivity contribution in [1.29, 1.82) is 0 Å². The molecule has 3 heterocycles. The van der Waals surface area contributed by atoms with Gasteiger partial charge in [0.25, 0.3) is 0 Å². The second-order valence-corrected chi connectivity index (χ2v) is 6.92. The lowest BCUT2D eigenvalue weighted by Gasteiger charge is -2.32. The number of methoxy groups -OCH3 is 1. The average Bonchev–Trinajstić information content (AvgIpc) is 2.92. The maximum Gasteiger partial charge on any atom is 0.497 e. The van der Waals surface area contributed by atoms with Crippen molar-refractivity contribution >= 4 is 29.3 Å². The lowest BCUT2D eigenvalue weighted by atomic mass is 9.79. The summed E-state index contributed by atoms with van der Waals surface area (Å²) in [6, 6.07) is 0. The van der Waals surface area contributed by atoms with E-state index in [-0.39, 0.29) is 11.4 Å². The monoisotopic (exact) mass is 333 g/mol. The van der Waals surface area contributed by atoms with E-state index in [0.29, 0.717) is 16.5 Å². The molecule has 0 saturated carbocycles. The second-order valence-electron chi connectivity index (χ2n) is 6.92. The van der Waals surface area contributed by atoms with Gasteiger partial charge in [-0.15, -0.1) is 0 Å². The molecular formula is C15H20BN3O5. The van der Waals surface area contributed by atoms with Crippen molar-refractivity contribution in [1.82, 2.24) is 9.55 Å². The van der Waals surface area contributed by atoms with E-state index in [1.807, 2.05) is 40.9 Å². The van der Waals surface area contributed by atoms with Crippen LogP contribution in [0.2, 0.25) is 0 Å². The molecule has 0 unspecified atom stereocenters. The number of hydrogen-bond acceptors (Lipinski definition) is 6. The first kappa shape index (κ1) is 16.7. The smallest absolute Gasteiger partial charge is 0.490 e. The maximum atomic E-state index is 11.3. The zero-order valence-corrected chi connectivity index (χ0v) is 14.6. The first-order valence-corrected chi connectivity index (χ1v) is 7.61. The summed E-state index contributed by atoms with van der Waals surface area (Å²) in [4.78, 5) is 15.0. The van der Waals surface area contributed by atoms with Crippen LogP contribution in [-0.4, -0.2) is 39.9 Å². The Morgan fingerprint density at radius 2 is 1.88 bits per heavy atom. The molecule has 9 heteroatoms. The van der Waals surface area contributed by atoms with Crippen molar-refractivity contribution < 1.29 is 19.0 Å². The molecule has 0 amide bonds. The van der Waals surface area contributed by atoms with Crippen LogP contribution in [0.5, 0.6) is 5.75 Å². The summed E-state index contributed by atoms with van der Waals surface area (Å²) in [6.45, 7) is 7.82. The van der Waals surface area contributed by atoms with Crippen molar-refractivity contribution in [2.24, 2.45) is 7.05 Å². The minimum Gasteiger partial charge on any atom is -0.490 e. The van der Waals surface area contributed by atoms with Crippen molar-refractivity contribution in [2.45, 2.75) is 38.9 Å². The number of hydrogen-bond donors (Lipinski definition) is 0. The Morgan fingerprint density at radius 1 is 1.29 bits per heavy atom. The Morgan fingerprint density at radius 3 is 2.38 bits per heavy atom. The van der Waals surface area contributed by atoms with Crippen LogP contribution in [-0.2, 0) is 16.4 Å². The minimum absolute atomic E-state index is 0.162. The number of fused-ring (bicyclic) bond motifs is 1. The Kier molecular flexibility index (Phi) is 3.61. The molecular weight excluding hydrogens is 313 g/mol. The SMILES string of the molecule is COc1c([N+](=O)[O-])cnc2c1c(B1OC(C)(C)C(C)(C)O1)cn2C. The molecule has 0 aliphatic carbocycles. The highest BCUT2D eigenvalue weighted by Gasteiger charge is 2.52. The molecule has 0 radical (unpaired) electrons. The summed E-state index contributed by atoms with van der Waals surface area (Å²) in [5.74, 6) is 0.162. The first-order valence-electron chi connectivity index (χ1n) is 7.61. The first-order chi connectivity index (χ1) is 11.1. The van der Waals surface area contributed by atoms with Gasteiger partial charge in [-0.2, -0.15) is 0 Å². The molecule has 128 valence electrons. The topological polar surface area (TPSA) is 88.7 Å². The zero-order chi connectivity index (χ0) is 17.9. The van der Waals surface area contributed by atoms with Crippen LogP contribution < -0.4 is 10.2 Å². The largest absolute Gasteiger partial charge is 0.497 e. The molecule has 1 saturated heterocycles. The van der Waals surface area contributed by atoms with Gasteiger partial charge in [-0.1, -0.05) is 0 Å². The predicted molar refractivity (Wildman–Crippen MR) is 89.6 cm³/mol. The summed E-state index contributed by atoms with van der Waals surface area (Å²) >= 11 is 0. The number of rotatable bonds is 3. The predicted octanol–water partition coefficient (Wildman–Crippen LogP) is 1.79. The molecule has 3 rings (SSSR count). The van der Waals surface area contributed by atoms with E-state index >= 15 is 0 Å². The van der Waals surface area contributed by atoms with E-state index in [0.717, 1.165) is 0 Å². The second kappa shape index (κ2) is 5.19. The van der Waals surface area contributed by atoms with Crippen LogP contribution in [0.4, 0.5) is 5.69 Å². The van der Waals surface area contributed by atoms with Gasteiger partial charge in [-0.05, 0) is 27.7 Å². The summed E-state index contributed by atoms with van der Waals surface area (Å²) in [6.07, 6.45) is 3.02. The van der Waals surface area contributed by atoms with E-state index < -0.39 is 23.2 Å². The van der Waals surface area contributed by atoms with Crippen LogP contribution in [0.15, 0.2) is 12.4 Å². The van der Waals surface area contributed by atoms with Gasteiger partial charge in [0, 0.05) is 18.7 Å². The molecule has 8 nitrogen and oxygen atoms in total. The van der Waals surface area contributed by atoms with Gasteiger partial charge in [0.2, 0.25) is 5.75 Å². The van der Waals surface area contributed by atoms with Crippen LogP contribution in [0.25, 0.3) is 11.0 Å². The minimum atomic E-state index is -0.656. The van der Waals surface area contributed by atoms with Gasteiger partial charge in [0.05, 0.1) is 28.6 Å². The highest BCUT2D eigenvalue weighted by Crippen LogP contribution is 2.39. The van der Waals surface area contributed by atoms with Gasteiger partial charge >= 0.3 is 12.8 Å². The van der Waals surface area contributed by atoms with Gasteiger partial charge in [0.15, 0.2) is 0 Å². The third-order valence-corrected chi connectivity index (χ3v) is 4.86. The van der Waals surface area contributed by atoms with Gasteiger partial charge in [0.1, 0.15) is 11.8 Å². The van der Waals surface area contributed by atoms with Crippen molar-refractivity contribution in [2.75, 3.05) is 7.11 Å². The Hall–Kier alpha value is -2.13. The molecule has 0 N–H and O–H groups in total. The number of aryl methyl sites for hydroxylation is 1. The van der Waals surface area contributed by atoms with E-state index in [4.69, 9.17) is 14.0 Å². The summed E-state index contributed by atoms with van der Waals surface area (Å²) in [5, 5.41) is 11.8. The molecule has 1 fully saturated rings.